The molecule has 1 amide bonds. The number of carbonyl (C=O) groups excluding carboxylic acids is 1. The lowest BCUT2D eigenvalue weighted by atomic mass is 10.0. The zero-order valence-electron chi connectivity index (χ0n) is 11.0. The SMILES string of the molecule is CC(C)COCCNC(=O)C(N)CC(C)C. The Labute approximate surface area is 98.9 Å². The Morgan fingerprint density at radius 3 is 2.38 bits per heavy atom. The Morgan fingerprint density at radius 2 is 1.88 bits per heavy atom. The van der Waals surface area contributed by atoms with Crippen LogP contribution in [0, 0.1) is 11.8 Å². The Hall–Kier alpha value is -0.610. The second-order valence-corrected chi connectivity index (χ2v) is 5.00. The maximum atomic E-state index is 11.5. The molecule has 0 aliphatic rings. The van der Waals surface area contributed by atoms with Gasteiger partial charge in [-0.15, -0.1) is 0 Å². The van der Waals surface area contributed by atoms with Crippen LogP contribution in [0.4, 0.5) is 0 Å². The van der Waals surface area contributed by atoms with Gasteiger partial charge < -0.3 is 15.8 Å². The Balaban J connectivity index is 3.50. The molecule has 3 N–H and O–H groups in total. The number of nitrogens with one attached hydrogen (secondary N) is 1. The van der Waals surface area contributed by atoms with Crippen LogP contribution in [0.3, 0.4) is 0 Å². The van der Waals surface area contributed by atoms with Gasteiger partial charge in [-0.05, 0) is 18.3 Å². The van der Waals surface area contributed by atoms with Crippen molar-refractivity contribution in [3.63, 3.8) is 0 Å². The molecule has 0 heterocycles. The molecule has 0 bridgehead atoms. The van der Waals surface area contributed by atoms with Gasteiger partial charge in [-0.3, -0.25) is 4.79 Å². The van der Waals surface area contributed by atoms with Crippen molar-refractivity contribution in [1.82, 2.24) is 5.32 Å². The average Bonchev–Trinajstić information content (AvgIpc) is 2.15. The van der Waals surface area contributed by atoms with Crippen LogP contribution in [0.2, 0.25) is 0 Å². The average molecular weight is 230 g/mol. The van der Waals surface area contributed by atoms with Gasteiger partial charge in [-0.25, -0.2) is 0 Å². The van der Waals surface area contributed by atoms with Gasteiger partial charge in [0.05, 0.1) is 12.6 Å². The van der Waals surface area contributed by atoms with Crippen LogP contribution in [-0.4, -0.2) is 31.7 Å². The predicted molar refractivity (Wildman–Crippen MR) is 66.1 cm³/mol. The van der Waals surface area contributed by atoms with Crippen LogP contribution in [0.1, 0.15) is 34.1 Å². The lowest BCUT2D eigenvalue weighted by Crippen LogP contribution is -2.42. The van der Waals surface area contributed by atoms with Crippen molar-refractivity contribution >= 4 is 5.91 Å². The van der Waals surface area contributed by atoms with Crippen LogP contribution in [0.5, 0.6) is 0 Å². The minimum absolute atomic E-state index is 0.0816. The molecule has 96 valence electrons. The Bertz CT molecular complexity index is 193. The normalized spacial score (nSPS) is 13.2. The summed E-state index contributed by atoms with van der Waals surface area (Å²) >= 11 is 0. The maximum absolute atomic E-state index is 11.5. The van der Waals surface area contributed by atoms with Crippen LogP contribution in [0.15, 0.2) is 0 Å². The van der Waals surface area contributed by atoms with E-state index in [-0.39, 0.29) is 5.91 Å². The molecule has 0 rings (SSSR count). The first kappa shape index (κ1) is 15.4. The molecular formula is C12H26N2O2. The van der Waals surface area contributed by atoms with Gasteiger partial charge in [0.1, 0.15) is 0 Å². The van der Waals surface area contributed by atoms with Crippen molar-refractivity contribution in [3.8, 4) is 0 Å². The van der Waals surface area contributed by atoms with Gasteiger partial charge in [0.25, 0.3) is 0 Å². The first-order valence-electron chi connectivity index (χ1n) is 6.04. The second-order valence-electron chi connectivity index (χ2n) is 5.00. The number of carbonyl (C=O) groups is 1. The molecule has 0 aromatic heterocycles. The molecule has 0 aliphatic heterocycles. The predicted octanol–water partition coefficient (Wildman–Crippen LogP) is 1.15. The molecule has 4 nitrogen and oxygen atoms in total. The molecule has 1 unspecified atom stereocenters. The number of ether oxygens (including phenoxy) is 1. The summed E-state index contributed by atoms with van der Waals surface area (Å²) in [7, 11) is 0. The fourth-order valence-corrected chi connectivity index (χ4v) is 1.31. The molecule has 16 heavy (non-hydrogen) atoms. The molecule has 0 radical (unpaired) electrons. The van der Waals surface area contributed by atoms with E-state index in [0.717, 1.165) is 13.0 Å². The van der Waals surface area contributed by atoms with Gasteiger partial charge in [0.2, 0.25) is 5.91 Å². The van der Waals surface area contributed by atoms with Crippen LogP contribution in [0.25, 0.3) is 0 Å². The van der Waals surface area contributed by atoms with E-state index in [1.165, 1.54) is 0 Å². The minimum Gasteiger partial charge on any atom is -0.379 e. The van der Waals surface area contributed by atoms with E-state index in [2.05, 4.69) is 33.0 Å². The highest BCUT2D eigenvalue weighted by Crippen LogP contribution is 2.02. The summed E-state index contributed by atoms with van der Waals surface area (Å²) in [6, 6.07) is -0.398. The van der Waals surface area contributed by atoms with E-state index in [4.69, 9.17) is 10.5 Å². The Kier molecular flexibility index (Phi) is 8.21. The summed E-state index contributed by atoms with van der Waals surface area (Å²) in [6.45, 7) is 10.1. The summed E-state index contributed by atoms with van der Waals surface area (Å²) < 4.78 is 5.35. The molecule has 0 fully saturated rings. The first-order chi connectivity index (χ1) is 7.43. The third-order valence-corrected chi connectivity index (χ3v) is 2.06. The second kappa shape index (κ2) is 8.53. The van der Waals surface area contributed by atoms with Crippen LogP contribution < -0.4 is 11.1 Å². The molecule has 0 aromatic rings. The quantitative estimate of drug-likeness (QED) is 0.615. The largest absolute Gasteiger partial charge is 0.379 e. The smallest absolute Gasteiger partial charge is 0.237 e. The topological polar surface area (TPSA) is 64.3 Å². The zero-order valence-corrected chi connectivity index (χ0v) is 11.0. The van der Waals surface area contributed by atoms with Crippen LogP contribution in [-0.2, 0) is 9.53 Å². The van der Waals surface area contributed by atoms with E-state index < -0.39 is 6.04 Å². The highest BCUT2D eigenvalue weighted by atomic mass is 16.5. The lowest BCUT2D eigenvalue weighted by Gasteiger charge is -2.14. The number of rotatable bonds is 8. The number of nitrogens with two attached hydrogens (primary N) is 1. The van der Waals surface area contributed by atoms with Gasteiger partial charge >= 0.3 is 0 Å². The highest BCUT2D eigenvalue weighted by molar-refractivity contribution is 5.81. The van der Waals surface area contributed by atoms with E-state index >= 15 is 0 Å². The molecule has 0 saturated heterocycles. The Morgan fingerprint density at radius 1 is 1.25 bits per heavy atom. The van der Waals surface area contributed by atoms with E-state index in [1.54, 1.807) is 0 Å². The maximum Gasteiger partial charge on any atom is 0.237 e. The van der Waals surface area contributed by atoms with Gasteiger partial charge in [0, 0.05) is 13.2 Å². The van der Waals surface area contributed by atoms with Crippen molar-refractivity contribution < 1.29 is 9.53 Å². The fourth-order valence-electron chi connectivity index (χ4n) is 1.31. The van der Waals surface area contributed by atoms with E-state index in [1.807, 2.05) is 0 Å². The molecule has 0 aromatic carbocycles. The van der Waals surface area contributed by atoms with Gasteiger partial charge in [-0.1, -0.05) is 27.7 Å². The minimum atomic E-state index is -0.398. The molecular weight excluding hydrogens is 204 g/mol. The molecule has 1 atom stereocenters. The number of hydrogen-bond donors (Lipinski definition) is 2. The highest BCUT2D eigenvalue weighted by Gasteiger charge is 2.13. The van der Waals surface area contributed by atoms with E-state index in [9.17, 15) is 4.79 Å². The molecule has 0 spiro atoms. The molecule has 4 heteroatoms. The molecule has 0 saturated carbocycles. The number of hydrogen-bond acceptors (Lipinski definition) is 3. The fraction of sp³-hybridized carbons (Fsp3) is 0.917. The third kappa shape index (κ3) is 8.68. The zero-order chi connectivity index (χ0) is 12.6. The summed E-state index contributed by atoms with van der Waals surface area (Å²) in [5, 5.41) is 2.77. The monoisotopic (exact) mass is 230 g/mol. The van der Waals surface area contributed by atoms with E-state index in [0.29, 0.717) is 25.0 Å². The van der Waals surface area contributed by atoms with Crippen molar-refractivity contribution in [1.29, 1.82) is 0 Å². The summed E-state index contributed by atoms with van der Waals surface area (Å²) in [5.74, 6) is 0.888. The summed E-state index contributed by atoms with van der Waals surface area (Å²) in [4.78, 5) is 11.5. The third-order valence-electron chi connectivity index (χ3n) is 2.06. The van der Waals surface area contributed by atoms with Crippen molar-refractivity contribution in [3.05, 3.63) is 0 Å². The first-order valence-corrected chi connectivity index (χ1v) is 6.04. The van der Waals surface area contributed by atoms with Gasteiger partial charge in [-0.2, -0.15) is 0 Å². The summed E-state index contributed by atoms with van der Waals surface area (Å²) in [6.07, 6.45) is 0.721. The standard InChI is InChI=1S/C12H26N2O2/c1-9(2)7-11(13)12(15)14-5-6-16-8-10(3)4/h9-11H,5-8,13H2,1-4H3,(H,14,15). The number of amides is 1. The van der Waals surface area contributed by atoms with Crippen molar-refractivity contribution in [2.45, 2.75) is 40.2 Å². The van der Waals surface area contributed by atoms with Gasteiger partial charge in [0.15, 0.2) is 0 Å². The van der Waals surface area contributed by atoms with Crippen molar-refractivity contribution in [2.75, 3.05) is 19.8 Å². The van der Waals surface area contributed by atoms with Crippen LogP contribution >= 0.6 is 0 Å². The molecule has 0 aliphatic carbocycles. The lowest BCUT2D eigenvalue weighted by molar-refractivity contribution is -0.122. The summed E-state index contributed by atoms with van der Waals surface area (Å²) in [5.41, 5.74) is 5.73. The van der Waals surface area contributed by atoms with Crippen molar-refractivity contribution in [2.24, 2.45) is 17.6 Å².